The Morgan fingerprint density at radius 1 is 1.19 bits per heavy atom. The molecule has 6 nitrogen and oxygen atoms in total. The lowest BCUT2D eigenvalue weighted by Gasteiger charge is -2.20. The van der Waals surface area contributed by atoms with Gasteiger partial charge >= 0.3 is 0 Å². The van der Waals surface area contributed by atoms with Crippen LogP contribution in [0, 0.1) is 12.7 Å². The minimum atomic E-state index is -0.366. The van der Waals surface area contributed by atoms with Gasteiger partial charge in [-0.25, -0.2) is 14.4 Å². The average Bonchev–Trinajstić information content (AvgIpc) is 3.07. The highest BCUT2D eigenvalue weighted by Gasteiger charge is 2.22. The third-order valence-electron chi connectivity index (χ3n) is 4.57. The van der Waals surface area contributed by atoms with Crippen molar-refractivity contribution in [2.75, 3.05) is 18.5 Å². The van der Waals surface area contributed by atoms with E-state index in [1.807, 2.05) is 25.3 Å². The zero-order valence-corrected chi connectivity index (χ0v) is 14.6. The highest BCUT2D eigenvalue weighted by molar-refractivity contribution is 5.84. The number of imidazole rings is 1. The topological polar surface area (TPSA) is 64.3 Å². The van der Waals surface area contributed by atoms with Gasteiger partial charge in [-0.05, 0) is 31.2 Å². The van der Waals surface area contributed by atoms with Gasteiger partial charge in [0.1, 0.15) is 18.2 Å². The summed E-state index contributed by atoms with van der Waals surface area (Å²) in [7, 11) is 0. The van der Waals surface area contributed by atoms with Gasteiger partial charge in [-0.15, -0.1) is 0 Å². The number of nitrogens with one attached hydrogen (secondary N) is 1. The number of hydrogen-bond acceptors (Lipinski definition) is 5. The number of hydrogen-bond donors (Lipinski definition) is 1. The molecule has 4 aromatic rings. The maximum Gasteiger partial charge on any atom is 0.234 e. The molecule has 4 heterocycles. The summed E-state index contributed by atoms with van der Waals surface area (Å²) < 4.78 is 22.4. The van der Waals surface area contributed by atoms with Crippen LogP contribution in [0.4, 0.5) is 10.1 Å². The number of nitrogens with zero attached hydrogens (tertiary/aromatic N) is 4. The Labute approximate surface area is 154 Å². The van der Waals surface area contributed by atoms with Gasteiger partial charge < -0.3 is 10.1 Å². The van der Waals surface area contributed by atoms with Crippen LogP contribution < -0.4 is 10.1 Å². The number of halogens is 1. The van der Waals surface area contributed by atoms with E-state index >= 15 is 4.39 Å². The zero-order valence-electron chi connectivity index (χ0n) is 14.6. The Balaban J connectivity index is 1.81. The number of rotatable bonds is 2. The lowest BCUT2D eigenvalue weighted by Crippen LogP contribution is -2.18. The molecule has 5 rings (SSSR count). The van der Waals surface area contributed by atoms with Crippen LogP contribution in [0.25, 0.3) is 28.3 Å². The Morgan fingerprint density at radius 3 is 3.00 bits per heavy atom. The summed E-state index contributed by atoms with van der Waals surface area (Å²) in [6.07, 6.45) is 5.24. The summed E-state index contributed by atoms with van der Waals surface area (Å²) in [4.78, 5) is 13.2. The molecular formula is C20H16FN5O. The van der Waals surface area contributed by atoms with E-state index in [9.17, 15) is 0 Å². The van der Waals surface area contributed by atoms with Gasteiger partial charge in [-0.3, -0.25) is 9.38 Å². The maximum absolute atomic E-state index is 15.1. The molecule has 1 N–H and O–H groups in total. The highest BCUT2D eigenvalue weighted by Crippen LogP contribution is 2.39. The molecular weight excluding hydrogens is 345 g/mol. The molecule has 7 heteroatoms. The molecule has 27 heavy (non-hydrogen) atoms. The van der Waals surface area contributed by atoms with Crippen molar-refractivity contribution in [1.29, 1.82) is 0 Å². The number of pyridine rings is 1. The first kappa shape index (κ1) is 15.7. The van der Waals surface area contributed by atoms with Gasteiger partial charge in [0.2, 0.25) is 5.78 Å². The number of ether oxygens (including phenoxy) is 1. The lowest BCUT2D eigenvalue weighted by atomic mass is 10.0. The normalized spacial score (nSPS) is 13.1. The van der Waals surface area contributed by atoms with Crippen molar-refractivity contribution < 1.29 is 9.13 Å². The standard InChI is InChI=1S/C20H16FN5O/c1-12-9-13(3-5-22-12)18-19(26-7-2-4-24-20(26)25-18)14-10-16-17(11-15(14)21)27-8-6-23-16/h2-5,7,9-11,23H,6,8H2,1H3. The first-order valence-electron chi connectivity index (χ1n) is 8.67. The van der Waals surface area contributed by atoms with Crippen LogP contribution >= 0.6 is 0 Å². The minimum absolute atomic E-state index is 0.366. The first-order chi connectivity index (χ1) is 13.2. The van der Waals surface area contributed by atoms with Crippen molar-refractivity contribution in [3.05, 3.63) is 60.4 Å². The molecule has 0 bridgehead atoms. The van der Waals surface area contributed by atoms with Crippen molar-refractivity contribution in [2.45, 2.75) is 6.92 Å². The molecule has 134 valence electrons. The van der Waals surface area contributed by atoms with E-state index in [4.69, 9.17) is 4.74 Å². The van der Waals surface area contributed by atoms with Crippen molar-refractivity contribution in [2.24, 2.45) is 0 Å². The van der Waals surface area contributed by atoms with Crippen LogP contribution in [0.1, 0.15) is 5.69 Å². The summed E-state index contributed by atoms with van der Waals surface area (Å²) >= 11 is 0. The van der Waals surface area contributed by atoms with E-state index < -0.39 is 0 Å². The second kappa shape index (κ2) is 6.05. The molecule has 1 aliphatic rings. The Hall–Kier alpha value is -3.48. The first-order valence-corrected chi connectivity index (χ1v) is 8.67. The fourth-order valence-electron chi connectivity index (χ4n) is 3.38. The van der Waals surface area contributed by atoms with Gasteiger partial charge in [0, 0.05) is 48.0 Å². The number of benzene rings is 1. The van der Waals surface area contributed by atoms with Crippen molar-refractivity contribution >= 4 is 11.5 Å². The predicted octanol–water partition coefficient (Wildman–Crippen LogP) is 3.71. The number of anilines is 1. The molecule has 0 atom stereocenters. The second-order valence-corrected chi connectivity index (χ2v) is 6.39. The number of aryl methyl sites for hydroxylation is 1. The third kappa shape index (κ3) is 2.59. The molecule has 1 aromatic carbocycles. The Bertz CT molecular complexity index is 1170. The molecule has 0 unspecified atom stereocenters. The molecule has 0 saturated carbocycles. The fourth-order valence-corrected chi connectivity index (χ4v) is 3.38. The van der Waals surface area contributed by atoms with E-state index in [0.29, 0.717) is 41.6 Å². The van der Waals surface area contributed by atoms with Crippen LogP contribution in [0.2, 0.25) is 0 Å². The second-order valence-electron chi connectivity index (χ2n) is 6.39. The predicted molar refractivity (Wildman–Crippen MR) is 100 cm³/mol. The molecule has 0 radical (unpaired) electrons. The minimum Gasteiger partial charge on any atom is -0.489 e. The number of fused-ring (bicyclic) bond motifs is 2. The molecule has 0 saturated heterocycles. The van der Waals surface area contributed by atoms with Gasteiger partial charge in [-0.1, -0.05) is 0 Å². The third-order valence-corrected chi connectivity index (χ3v) is 4.57. The lowest BCUT2D eigenvalue weighted by molar-refractivity contribution is 0.321. The Morgan fingerprint density at radius 2 is 2.11 bits per heavy atom. The SMILES string of the molecule is Cc1cc(-c2nc3ncccn3c2-c2cc3c(cc2F)OCCN3)ccn1. The van der Waals surface area contributed by atoms with Crippen LogP contribution in [-0.4, -0.2) is 32.5 Å². The summed E-state index contributed by atoms with van der Waals surface area (Å²) in [6.45, 7) is 3.12. The molecule has 3 aromatic heterocycles. The van der Waals surface area contributed by atoms with Crippen molar-refractivity contribution in [3.8, 4) is 28.3 Å². The van der Waals surface area contributed by atoms with Gasteiger partial charge in [0.05, 0.1) is 17.1 Å². The largest absolute Gasteiger partial charge is 0.489 e. The van der Waals surface area contributed by atoms with E-state index in [0.717, 1.165) is 16.9 Å². The van der Waals surface area contributed by atoms with Crippen LogP contribution in [0.5, 0.6) is 5.75 Å². The van der Waals surface area contributed by atoms with E-state index in [1.165, 1.54) is 6.07 Å². The van der Waals surface area contributed by atoms with Crippen LogP contribution in [0.3, 0.4) is 0 Å². The van der Waals surface area contributed by atoms with E-state index in [2.05, 4.69) is 20.3 Å². The fraction of sp³-hybridized carbons (Fsp3) is 0.150. The van der Waals surface area contributed by atoms with Gasteiger partial charge in [0.25, 0.3) is 0 Å². The average molecular weight is 361 g/mol. The highest BCUT2D eigenvalue weighted by atomic mass is 19.1. The summed E-state index contributed by atoms with van der Waals surface area (Å²) in [6, 6.07) is 8.81. The Kier molecular flexibility index (Phi) is 3.53. The van der Waals surface area contributed by atoms with E-state index in [-0.39, 0.29) is 5.82 Å². The summed E-state index contributed by atoms with van der Waals surface area (Å²) in [5.74, 6) is 0.671. The molecule has 0 spiro atoms. The smallest absolute Gasteiger partial charge is 0.234 e. The molecule has 0 amide bonds. The quantitative estimate of drug-likeness (QED) is 0.590. The van der Waals surface area contributed by atoms with Gasteiger partial charge in [0.15, 0.2) is 0 Å². The van der Waals surface area contributed by atoms with Gasteiger partial charge in [-0.2, -0.15) is 0 Å². The molecule has 0 fully saturated rings. The maximum atomic E-state index is 15.1. The molecule has 0 aliphatic carbocycles. The van der Waals surface area contributed by atoms with Crippen LogP contribution in [0.15, 0.2) is 48.9 Å². The van der Waals surface area contributed by atoms with Crippen LogP contribution in [-0.2, 0) is 0 Å². The van der Waals surface area contributed by atoms with E-state index in [1.54, 1.807) is 28.9 Å². The molecule has 1 aliphatic heterocycles. The van der Waals surface area contributed by atoms with Crippen molar-refractivity contribution in [3.63, 3.8) is 0 Å². The summed E-state index contributed by atoms with van der Waals surface area (Å²) in [5, 5.41) is 3.26. The summed E-state index contributed by atoms with van der Waals surface area (Å²) in [5.41, 5.74) is 4.25. The monoisotopic (exact) mass is 361 g/mol. The number of aromatic nitrogens is 4. The van der Waals surface area contributed by atoms with Crippen molar-refractivity contribution in [1.82, 2.24) is 19.4 Å². The zero-order chi connectivity index (χ0) is 18.4.